The highest BCUT2D eigenvalue weighted by Crippen LogP contribution is 2.19. The van der Waals surface area contributed by atoms with Crippen LogP contribution in [-0.4, -0.2) is 24.7 Å². The molecular formula is C13H17BrN2O2. The molecular weight excluding hydrogens is 296 g/mol. The van der Waals surface area contributed by atoms with E-state index in [2.05, 4.69) is 21.2 Å². The van der Waals surface area contributed by atoms with Crippen LogP contribution in [0.15, 0.2) is 28.7 Å². The van der Waals surface area contributed by atoms with E-state index in [4.69, 9.17) is 10.5 Å². The van der Waals surface area contributed by atoms with Gasteiger partial charge in [-0.25, -0.2) is 0 Å². The molecule has 1 saturated heterocycles. The molecule has 98 valence electrons. The van der Waals surface area contributed by atoms with E-state index in [1.165, 1.54) is 0 Å². The lowest BCUT2D eigenvalue weighted by atomic mass is 10.2. The van der Waals surface area contributed by atoms with Gasteiger partial charge in [0.2, 0.25) is 5.91 Å². The van der Waals surface area contributed by atoms with Gasteiger partial charge in [-0.1, -0.05) is 28.1 Å². The van der Waals surface area contributed by atoms with Gasteiger partial charge in [-0.05, 0) is 30.5 Å². The maximum absolute atomic E-state index is 11.9. The largest absolute Gasteiger partial charge is 0.364 e. The van der Waals surface area contributed by atoms with Crippen molar-refractivity contribution in [3.63, 3.8) is 0 Å². The maximum Gasteiger partial charge on any atom is 0.249 e. The van der Waals surface area contributed by atoms with E-state index in [1.807, 2.05) is 24.3 Å². The highest BCUT2D eigenvalue weighted by molar-refractivity contribution is 9.10. The summed E-state index contributed by atoms with van der Waals surface area (Å²) < 4.78 is 6.57. The van der Waals surface area contributed by atoms with E-state index in [-0.39, 0.29) is 18.1 Å². The third kappa shape index (κ3) is 3.54. The number of ether oxygens (including phenoxy) is 1. The van der Waals surface area contributed by atoms with E-state index in [1.54, 1.807) is 0 Å². The highest BCUT2D eigenvalue weighted by Gasteiger charge is 2.29. The summed E-state index contributed by atoms with van der Waals surface area (Å²) in [5, 5.41) is 2.88. The molecule has 0 bridgehead atoms. The summed E-state index contributed by atoms with van der Waals surface area (Å²) in [6.07, 6.45) is 1.32. The lowest BCUT2D eigenvalue weighted by Crippen LogP contribution is -2.35. The SMILES string of the molecule is NC[C@H]1CC[C@@H](C(=O)NCc2ccc(Br)cc2)O1. The smallest absolute Gasteiger partial charge is 0.249 e. The second-order valence-electron chi connectivity index (χ2n) is 4.40. The van der Waals surface area contributed by atoms with Gasteiger partial charge in [-0.2, -0.15) is 0 Å². The fraction of sp³-hybridized carbons (Fsp3) is 0.462. The van der Waals surface area contributed by atoms with Gasteiger partial charge in [0.25, 0.3) is 0 Å². The average molecular weight is 313 g/mol. The Balaban J connectivity index is 1.80. The first-order valence-corrected chi connectivity index (χ1v) is 6.86. The molecule has 2 rings (SSSR count). The number of nitrogens with two attached hydrogens (primary N) is 1. The molecule has 2 atom stereocenters. The Bertz CT molecular complexity index is 408. The number of hydrogen-bond acceptors (Lipinski definition) is 3. The van der Waals surface area contributed by atoms with Gasteiger partial charge >= 0.3 is 0 Å². The first-order chi connectivity index (χ1) is 8.69. The Kier molecular flexibility index (Phi) is 4.74. The van der Waals surface area contributed by atoms with Crippen molar-refractivity contribution >= 4 is 21.8 Å². The molecule has 4 nitrogen and oxygen atoms in total. The number of carbonyl (C=O) groups is 1. The zero-order valence-corrected chi connectivity index (χ0v) is 11.7. The molecule has 1 aromatic rings. The van der Waals surface area contributed by atoms with Crippen LogP contribution in [0.1, 0.15) is 18.4 Å². The van der Waals surface area contributed by atoms with Crippen molar-refractivity contribution in [1.29, 1.82) is 0 Å². The molecule has 1 aromatic carbocycles. The number of carbonyl (C=O) groups excluding carboxylic acids is 1. The van der Waals surface area contributed by atoms with E-state index in [0.29, 0.717) is 13.1 Å². The van der Waals surface area contributed by atoms with Crippen LogP contribution in [-0.2, 0) is 16.1 Å². The topological polar surface area (TPSA) is 64.4 Å². The molecule has 5 heteroatoms. The minimum Gasteiger partial charge on any atom is -0.364 e. The van der Waals surface area contributed by atoms with Crippen LogP contribution in [0, 0.1) is 0 Å². The Hall–Kier alpha value is -0.910. The summed E-state index contributed by atoms with van der Waals surface area (Å²) in [5.74, 6) is -0.0473. The van der Waals surface area contributed by atoms with E-state index in [9.17, 15) is 4.79 Å². The van der Waals surface area contributed by atoms with Gasteiger partial charge in [0.05, 0.1) is 6.10 Å². The van der Waals surface area contributed by atoms with Crippen molar-refractivity contribution in [2.75, 3.05) is 6.54 Å². The minimum atomic E-state index is -0.339. The second kappa shape index (κ2) is 6.31. The molecule has 3 N–H and O–H groups in total. The summed E-state index contributed by atoms with van der Waals surface area (Å²) in [4.78, 5) is 11.9. The minimum absolute atomic E-state index is 0.0356. The van der Waals surface area contributed by atoms with E-state index >= 15 is 0 Å². The summed E-state index contributed by atoms with van der Waals surface area (Å²) >= 11 is 3.37. The summed E-state index contributed by atoms with van der Waals surface area (Å²) in [6.45, 7) is 1.01. The third-order valence-corrected chi connectivity index (χ3v) is 3.57. The third-order valence-electron chi connectivity index (χ3n) is 3.04. The van der Waals surface area contributed by atoms with Gasteiger partial charge in [0.15, 0.2) is 0 Å². The quantitative estimate of drug-likeness (QED) is 0.887. The Morgan fingerprint density at radius 2 is 2.11 bits per heavy atom. The molecule has 0 unspecified atom stereocenters. The molecule has 18 heavy (non-hydrogen) atoms. The van der Waals surface area contributed by atoms with Gasteiger partial charge in [-0.3, -0.25) is 4.79 Å². The van der Waals surface area contributed by atoms with E-state index in [0.717, 1.165) is 22.9 Å². The molecule has 1 heterocycles. The number of nitrogens with one attached hydrogen (secondary N) is 1. The summed E-state index contributed by atoms with van der Waals surface area (Å²) in [6, 6.07) is 7.86. The number of rotatable bonds is 4. The lowest BCUT2D eigenvalue weighted by molar-refractivity contribution is -0.132. The maximum atomic E-state index is 11.9. The zero-order valence-electron chi connectivity index (χ0n) is 10.1. The standard InChI is InChI=1S/C13H17BrN2O2/c14-10-3-1-9(2-4-10)8-16-13(17)12-6-5-11(7-15)18-12/h1-4,11-12H,5-8,15H2,(H,16,17)/t11-,12+/m1/s1. The van der Waals surface area contributed by atoms with Crippen LogP contribution in [0.5, 0.6) is 0 Å². The van der Waals surface area contributed by atoms with Gasteiger partial charge in [-0.15, -0.1) is 0 Å². The van der Waals surface area contributed by atoms with Gasteiger partial charge in [0.1, 0.15) is 6.10 Å². The number of amides is 1. The molecule has 0 aromatic heterocycles. The van der Waals surface area contributed by atoms with Crippen molar-refractivity contribution in [1.82, 2.24) is 5.32 Å². The zero-order chi connectivity index (χ0) is 13.0. The summed E-state index contributed by atoms with van der Waals surface area (Å²) in [5.41, 5.74) is 6.58. The molecule has 0 spiro atoms. The van der Waals surface area contributed by atoms with Crippen LogP contribution in [0.4, 0.5) is 0 Å². The molecule has 0 aliphatic carbocycles. The monoisotopic (exact) mass is 312 g/mol. The predicted octanol–water partition coefficient (Wildman–Crippen LogP) is 1.57. The summed E-state index contributed by atoms with van der Waals surface area (Å²) in [7, 11) is 0. The Morgan fingerprint density at radius 3 is 2.72 bits per heavy atom. The first kappa shape index (κ1) is 13.5. The predicted molar refractivity (Wildman–Crippen MR) is 72.9 cm³/mol. The van der Waals surface area contributed by atoms with Crippen LogP contribution in [0.3, 0.4) is 0 Å². The molecule has 1 fully saturated rings. The van der Waals surface area contributed by atoms with E-state index < -0.39 is 0 Å². The van der Waals surface area contributed by atoms with Crippen LogP contribution < -0.4 is 11.1 Å². The van der Waals surface area contributed by atoms with Crippen molar-refractivity contribution in [2.24, 2.45) is 5.73 Å². The number of hydrogen-bond donors (Lipinski definition) is 2. The number of benzene rings is 1. The molecule has 0 radical (unpaired) electrons. The second-order valence-corrected chi connectivity index (χ2v) is 5.32. The first-order valence-electron chi connectivity index (χ1n) is 6.06. The normalized spacial score (nSPS) is 23.0. The average Bonchev–Trinajstić information content (AvgIpc) is 2.86. The molecule has 1 amide bonds. The lowest BCUT2D eigenvalue weighted by Gasteiger charge is -2.12. The Morgan fingerprint density at radius 1 is 1.39 bits per heavy atom. The van der Waals surface area contributed by atoms with Gasteiger partial charge < -0.3 is 15.8 Å². The fourth-order valence-electron chi connectivity index (χ4n) is 1.98. The molecule has 1 aliphatic heterocycles. The van der Waals surface area contributed by atoms with Crippen molar-refractivity contribution < 1.29 is 9.53 Å². The molecule has 0 saturated carbocycles. The van der Waals surface area contributed by atoms with Crippen LogP contribution in [0.25, 0.3) is 0 Å². The molecule has 1 aliphatic rings. The van der Waals surface area contributed by atoms with Gasteiger partial charge in [0, 0.05) is 17.6 Å². The van der Waals surface area contributed by atoms with Crippen LogP contribution >= 0.6 is 15.9 Å². The van der Waals surface area contributed by atoms with Crippen molar-refractivity contribution in [3.05, 3.63) is 34.3 Å². The number of halogens is 1. The van der Waals surface area contributed by atoms with Crippen molar-refractivity contribution in [2.45, 2.75) is 31.6 Å². The Labute approximate surface area is 115 Å². The van der Waals surface area contributed by atoms with Crippen LogP contribution in [0.2, 0.25) is 0 Å². The van der Waals surface area contributed by atoms with Crippen molar-refractivity contribution in [3.8, 4) is 0 Å². The highest BCUT2D eigenvalue weighted by atomic mass is 79.9. The fourth-order valence-corrected chi connectivity index (χ4v) is 2.24.